The molecule has 31 heavy (non-hydrogen) atoms. The van der Waals surface area contributed by atoms with E-state index in [0.29, 0.717) is 11.3 Å². The van der Waals surface area contributed by atoms with Crippen molar-refractivity contribution in [1.29, 1.82) is 0 Å². The number of phosphoric acid groups is 1. The zero-order valence-electron chi connectivity index (χ0n) is 17.1. The summed E-state index contributed by atoms with van der Waals surface area (Å²) in [4.78, 5) is 12.6. The molecular weight excluding hydrogens is 426 g/mol. The molecule has 0 amide bonds. The van der Waals surface area contributed by atoms with Gasteiger partial charge in [-0.15, -0.1) is 13.2 Å². The van der Waals surface area contributed by atoms with Crippen LogP contribution in [0.15, 0.2) is 67.8 Å². The van der Waals surface area contributed by atoms with E-state index in [4.69, 9.17) is 23.0 Å². The molecule has 0 radical (unpaired) electrons. The number of carbonyl (C=O) groups is 1. The van der Waals surface area contributed by atoms with Gasteiger partial charge in [-0.05, 0) is 29.3 Å². The molecule has 2 aromatic carbocycles. The molecule has 0 N–H and O–H groups in total. The molecule has 0 atom stereocenters. The lowest BCUT2D eigenvalue weighted by Crippen LogP contribution is -2.12. The topological polar surface area (TPSA) is 80.3 Å². The average molecular weight is 450 g/mol. The highest BCUT2D eigenvalue weighted by molar-refractivity contribution is 7.48. The molecule has 0 fully saturated rings. The quantitative estimate of drug-likeness (QED) is 0.235. The monoisotopic (exact) mass is 450 g/mol. The maximum absolute atomic E-state index is 14.4. The van der Waals surface area contributed by atoms with E-state index >= 15 is 0 Å². The van der Waals surface area contributed by atoms with Gasteiger partial charge >= 0.3 is 13.8 Å². The molecule has 2 aromatic rings. The van der Waals surface area contributed by atoms with Crippen molar-refractivity contribution >= 4 is 13.8 Å². The van der Waals surface area contributed by atoms with Crippen LogP contribution in [0.5, 0.6) is 5.75 Å². The van der Waals surface area contributed by atoms with Crippen molar-refractivity contribution < 1.29 is 36.8 Å². The molecule has 7 nitrogen and oxygen atoms in total. The summed E-state index contributed by atoms with van der Waals surface area (Å²) >= 11 is 0. The lowest BCUT2D eigenvalue weighted by Gasteiger charge is -2.17. The number of ether oxygens (including phenoxy) is 2. The molecule has 0 heterocycles. The average Bonchev–Trinajstić information content (AvgIpc) is 2.79. The third-order valence-electron chi connectivity index (χ3n) is 3.91. The molecule has 0 bridgehead atoms. The van der Waals surface area contributed by atoms with E-state index in [1.807, 2.05) is 0 Å². The highest BCUT2D eigenvalue weighted by Gasteiger charge is 2.28. The third kappa shape index (κ3) is 7.45. The number of hydrogen-bond acceptors (Lipinski definition) is 7. The number of carbonyl (C=O) groups excluding carboxylic acids is 1. The SMILES string of the molecule is C=CCOP(=O)(OCC=C)OCc1cccc(F)c1C(=O)OCc1ccc(OC)cc1. The van der Waals surface area contributed by atoms with Crippen molar-refractivity contribution in [3.8, 4) is 5.75 Å². The zero-order valence-corrected chi connectivity index (χ0v) is 18.0. The van der Waals surface area contributed by atoms with Crippen LogP contribution in [0.3, 0.4) is 0 Å². The summed E-state index contributed by atoms with van der Waals surface area (Å²) < 4.78 is 52.8. The van der Waals surface area contributed by atoms with Gasteiger partial charge in [0, 0.05) is 0 Å². The molecule has 9 heteroatoms. The molecule has 0 aliphatic rings. The maximum Gasteiger partial charge on any atom is 0.475 e. The summed E-state index contributed by atoms with van der Waals surface area (Å²) in [7, 11) is -2.44. The Morgan fingerprint density at radius 3 is 2.23 bits per heavy atom. The van der Waals surface area contributed by atoms with Gasteiger partial charge < -0.3 is 9.47 Å². The first kappa shape index (κ1) is 24.5. The fourth-order valence-electron chi connectivity index (χ4n) is 2.41. The van der Waals surface area contributed by atoms with Crippen LogP contribution < -0.4 is 4.74 Å². The fraction of sp³-hybridized carbons (Fsp3) is 0.227. The van der Waals surface area contributed by atoms with E-state index in [1.165, 1.54) is 24.3 Å². The molecule has 0 aliphatic heterocycles. The maximum atomic E-state index is 14.4. The number of methoxy groups -OCH3 is 1. The molecule has 166 valence electrons. The first-order valence-electron chi connectivity index (χ1n) is 9.25. The Labute approximate surface area is 180 Å². The second-order valence-electron chi connectivity index (χ2n) is 6.09. The number of benzene rings is 2. The van der Waals surface area contributed by atoms with Crippen molar-refractivity contribution in [2.75, 3.05) is 20.3 Å². The summed E-state index contributed by atoms with van der Waals surface area (Å²) in [6.07, 6.45) is 2.74. The van der Waals surface area contributed by atoms with Gasteiger partial charge in [-0.2, -0.15) is 0 Å². The summed E-state index contributed by atoms with van der Waals surface area (Å²) in [5.74, 6) is -1.03. The highest BCUT2D eigenvalue weighted by Crippen LogP contribution is 2.50. The Morgan fingerprint density at radius 1 is 1.00 bits per heavy atom. The van der Waals surface area contributed by atoms with Crippen molar-refractivity contribution in [2.45, 2.75) is 13.2 Å². The van der Waals surface area contributed by atoms with E-state index in [0.717, 1.165) is 6.07 Å². The van der Waals surface area contributed by atoms with Crippen molar-refractivity contribution in [1.82, 2.24) is 0 Å². The van der Waals surface area contributed by atoms with Gasteiger partial charge in [0.2, 0.25) is 0 Å². The molecule has 0 aromatic heterocycles. The van der Waals surface area contributed by atoms with Crippen molar-refractivity contribution in [2.24, 2.45) is 0 Å². The second-order valence-corrected chi connectivity index (χ2v) is 7.76. The molecule has 0 unspecified atom stereocenters. The van der Waals surface area contributed by atoms with E-state index in [2.05, 4.69) is 13.2 Å². The second kappa shape index (κ2) is 12.2. The minimum Gasteiger partial charge on any atom is -0.497 e. The summed E-state index contributed by atoms with van der Waals surface area (Å²) in [5, 5.41) is 0. The van der Waals surface area contributed by atoms with Gasteiger partial charge in [0.05, 0.1) is 26.9 Å². The van der Waals surface area contributed by atoms with Gasteiger partial charge in [0.15, 0.2) is 0 Å². The lowest BCUT2D eigenvalue weighted by molar-refractivity contribution is 0.0461. The normalized spacial score (nSPS) is 11.0. The Balaban J connectivity index is 2.12. The molecule has 0 aliphatic carbocycles. The minimum absolute atomic E-state index is 0.0686. The molecule has 0 spiro atoms. The Hall–Kier alpha value is -2.77. The van der Waals surface area contributed by atoms with Crippen LogP contribution in [0.25, 0.3) is 0 Å². The van der Waals surface area contributed by atoms with Crippen LogP contribution in [-0.4, -0.2) is 26.3 Å². The first-order valence-corrected chi connectivity index (χ1v) is 10.7. The number of halogens is 1. The minimum atomic E-state index is -3.98. The van der Waals surface area contributed by atoms with Crippen LogP contribution >= 0.6 is 7.82 Å². The predicted molar refractivity (Wildman–Crippen MR) is 113 cm³/mol. The van der Waals surface area contributed by atoms with Crippen LogP contribution in [0.4, 0.5) is 4.39 Å². The van der Waals surface area contributed by atoms with Gasteiger partial charge in [-0.1, -0.05) is 36.4 Å². The molecular formula is C22H24FO7P. The number of rotatable bonds is 13. The van der Waals surface area contributed by atoms with Crippen molar-refractivity contribution in [3.63, 3.8) is 0 Å². The Kier molecular flexibility index (Phi) is 9.62. The Bertz CT molecular complexity index is 927. The first-order chi connectivity index (χ1) is 14.9. The zero-order chi connectivity index (χ0) is 22.7. The standard InChI is InChI=1S/C22H24FO7P/c1-4-13-28-31(25,29-14-5-2)30-16-18-7-6-8-20(23)21(18)22(24)27-15-17-9-11-19(26-3)12-10-17/h4-12H,1-2,13-16H2,3H3. The summed E-state index contributed by atoms with van der Waals surface area (Å²) in [6.45, 7) is 6.29. The van der Waals surface area contributed by atoms with Gasteiger partial charge in [-0.25, -0.2) is 13.8 Å². The summed E-state index contributed by atoms with van der Waals surface area (Å²) in [5.41, 5.74) is 0.503. The van der Waals surface area contributed by atoms with Crippen molar-refractivity contribution in [3.05, 3.63) is 90.3 Å². The Morgan fingerprint density at radius 2 is 1.65 bits per heavy atom. The molecule has 2 rings (SSSR count). The number of phosphoric ester groups is 1. The smallest absolute Gasteiger partial charge is 0.475 e. The van der Waals surface area contributed by atoms with Crippen LogP contribution in [0, 0.1) is 5.82 Å². The van der Waals surface area contributed by atoms with E-state index < -0.39 is 26.2 Å². The predicted octanol–water partition coefficient (Wildman–Crippen LogP) is 5.22. The van der Waals surface area contributed by atoms with Gasteiger partial charge in [0.25, 0.3) is 0 Å². The largest absolute Gasteiger partial charge is 0.497 e. The number of esters is 1. The van der Waals surface area contributed by atoms with E-state index in [9.17, 15) is 13.8 Å². The van der Waals surface area contributed by atoms with Gasteiger partial charge in [0.1, 0.15) is 23.7 Å². The van der Waals surface area contributed by atoms with Crippen LogP contribution in [0.1, 0.15) is 21.5 Å². The van der Waals surface area contributed by atoms with E-state index in [-0.39, 0.29) is 30.9 Å². The summed E-state index contributed by atoms with van der Waals surface area (Å²) in [6, 6.07) is 10.9. The third-order valence-corrected chi connectivity index (χ3v) is 5.29. The lowest BCUT2D eigenvalue weighted by atomic mass is 10.1. The van der Waals surface area contributed by atoms with E-state index in [1.54, 1.807) is 31.4 Å². The number of hydrogen-bond donors (Lipinski definition) is 0. The van der Waals surface area contributed by atoms with Crippen LogP contribution in [-0.2, 0) is 36.1 Å². The van der Waals surface area contributed by atoms with Crippen LogP contribution in [0.2, 0.25) is 0 Å². The molecule has 0 saturated heterocycles. The highest BCUT2D eigenvalue weighted by atomic mass is 31.2. The molecule has 0 saturated carbocycles. The van der Waals surface area contributed by atoms with Gasteiger partial charge in [-0.3, -0.25) is 13.6 Å². The fourth-order valence-corrected chi connectivity index (χ4v) is 3.51.